The average Bonchev–Trinajstić information content (AvgIpc) is 2.87. The molecular weight excluding hydrogens is 480 g/mol. The lowest BCUT2D eigenvalue weighted by Gasteiger charge is -2.21. The lowest BCUT2D eigenvalue weighted by atomic mass is 9.98. The van der Waals surface area contributed by atoms with Crippen LogP contribution in [0.3, 0.4) is 0 Å². The van der Waals surface area contributed by atoms with Crippen LogP contribution in [0, 0.1) is 11.8 Å². The summed E-state index contributed by atoms with van der Waals surface area (Å²) in [5, 5.41) is 24.3. The standard InChI is InChI=1S/C27H34N2O6S/c1-5-16(3)22(26(32)33)28-24(30)19-12-8-7-11-18(19)15-36-21-14-10-9-13-20(21)25(31)29-23(27(34)35)17(4)6-2/h7-14,16-17,22-23H,5-6,15H2,1-4H3,(H,28,30)(H,29,31)(H,32,33)(H,34,35)/t16?,17?,22-,23-/m0/s1. The van der Waals surface area contributed by atoms with Crippen LogP contribution in [0.25, 0.3) is 0 Å². The van der Waals surface area contributed by atoms with Gasteiger partial charge in [-0.3, -0.25) is 9.59 Å². The third-order valence-electron chi connectivity index (χ3n) is 6.31. The number of carbonyl (C=O) groups excluding carboxylic acids is 2. The predicted molar refractivity (Wildman–Crippen MR) is 139 cm³/mol. The van der Waals surface area contributed by atoms with Crippen LogP contribution < -0.4 is 10.6 Å². The van der Waals surface area contributed by atoms with E-state index in [0.29, 0.717) is 40.2 Å². The van der Waals surface area contributed by atoms with Crippen LogP contribution in [-0.4, -0.2) is 46.0 Å². The number of carboxylic acids is 2. The zero-order chi connectivity index (χ0) is 26.8. The van der Waals surface area contributed by atoms with E-state index >= 15 is 0 Å². The quantitative estimate of drug-likeness (QED) is 0.291. The minimum atomic E-state index is -1.08. The Morgan fingerprint density at radius 2 is 1.19 bits per heavy atom. The van der Waals surface area contributed by atoms with Gasteiger partial charge in [-0.25, -0.2) is 9.59 Å². The van der Waals surface area contributed by atoms with Gasteiger partial charge in [0.2, 0.25) is 0 Å². The molecule has 0 aliphatic heterocycles. The summed E-state index contributed by atoms with van der Waals surface area (Å²) in [6.45, 7) is 7.29. The minimum Gasteiger partial charge on any atom is -0.480 e. The maximum atomic E-state index is 13.0. The molecule has 8 nitrogen and oxygen atoms in total. The van der Waals surface area contributed by atoms with Gasteiger partial charge in [0.05, 0.1) is 5.56 Å². The van der Waals surface area contributed by atoms with Crippen LogP contribution in [0.15, 0.2) is 53.4 Å². The molecule has 0 spiro atoms. The second-order valence-electron chi connectivity index (χ2n) is 8.79. The second-order valence-corrected chi connectivity index (χ2v) is 9.81. The summed E-state index contributed by atoms with van der Waals surface area (Å²) in [7, 11) is 0. The van der Waals surface area contributed by atoms with Crippen LogP contribution in [0.4, 0.5) is 0 Å². The molecule has 0 heterocycles. The molecule has 2 aromatic rings. The number of hydrogen-bond acceptors (Lipinski definition) is 5. The van der Waals surface area contributed by atoms with Crippen LogP contribution in [0.5, 0.6) is 0 Å². The molecule has 0 saturated heterocycles. The molecule has 0 aromatic heterocycles. The molecular formula is C27H34N2O6S. The van der Waals surface area contributed by atoms with E-state index in [-0.39, 0.29) is 11.8 Å². The highest BCUT2D eigenvalue weighted by Crippen LogP contribution is 2.28. The van der Waals surface area contributed by atoms with E-state index in [4.69, 9.17) is 0 Å². The Balaban J connectivity index is 2.22. The number of benzene rings is 2. The largest absolute Gasteiger partial charge is 0.480 e. The smallest absolute Gasteiger partial charge is 0.326 e. The Morgan fingerprint density at radius 1 is 0.750 bits per heavy atom. The number of carbonyl (C=O) groups is 4. The Hall–Kier alpha value is -3.33. The molecule has 0 fully saturated rings. The SMILES string of the molecule is CCC(C)[C@H](NC(=O)c1ccccc1CSc1ccccc1C(=O)N[C@H](C(=O)O)C(C)CC)C(=O)O. The van der Waals surface area contributed by atoms with Gasteiger partial charge in [-0.05, 0) is 35.6 Å². The molecule has 36 heavy (non-hydrogen) atoms. The zero-order valence-electron chi connectivity index (χ0n) is 21.0. The van der Waals surface area contributed by atoms with E-state index in [2.05, 4.69) is 10.6 Å². The number of nitrogens with one attached hydrogen (secondary N) is 2. The number of thioether (sulfide) groups is 1. The molecule has 2 unspecified atom stereocenters. The van der Waals surface area contributed by atoms with Crippen LogP contribution in [0.2, 0.25) is 0 Å². The van der Waals surface area contributed by atoms with Gasteiger partial charge in [0.15, 0.2) is 0 Å². The minimum absolute atomic E-state index is 0.233. The zero-order valence-corrected chi connectivity index (χ0v) is 21.8. The first-order chi connectivity index (χ1) is 17.1. The topological polar surface area (TPSA) is 133 Å². The van der Waals surface area contributed by atoms with Gasteiger partial charge < -0.3 is 20.8 Å². The Kier molecular flexibility index (Phi) is 11.0. The molecule has 0 bridgehead atoms. The number of hydrogen-bond donors (Lipinski definition) is 4. The highest BCUT2D eigenvalue weighted by molar-refractivity contribution is 7.98. The summed E-state index contributed by atoms with van der Waals surface area (Å²) < 4.78 is 0. The molecule has 9 heteroatoms. The first-order valence-electron chi connectivity index (χ1n) is 12.0. The molecule has 0 saturated carbocycles. The summed E-state index contributed by atoms with van der Waals surface area (Å²) >= 11 is 1.34. The highest BCUT2D eigenvalue weighted by Gasteiger charge is 2.28. The number of aliphatic carboxylic acids is 2. The number of amides is 2. The maximum absolute atomic E-state index is 13.0. The highest BCUT2D eigenvalue weighted by atomic mass is 32.2. The molecule has 4 atom stereocenters. The maximum Gasteiger partial charge on any atom is 0.326 e. The Bertz CT molecular complexity index is 1000. The number of rotatable bonds is 13. The van der Waals surface area contributed by atoms with E-state index in [1.807, 2.05) is 13.8 Å². The number of carboxylic acid groups (broad SMARTS) is 2. The van der Waals surface area contributed by atoms with Crippen molar-refractivity contribution < 1.29 is 29.4 Å². The fourth-order valence-electron chi connectivity index (χ4n) is 3.61. The van der Waals surface area contributed by atoms with E-state index in [1.165, 1.54) is 11.8 Å². The predicted octanol–water partition coefficient (Wildman–Crippen LogP) is 4.44. The Labute approximate surface area is 215 Å². The molecule has 0 radical (unpaired) electrons. The lowest BCUT2D eigenvalue weighted by Crippen LogP contribution is -2.45. The molecule has 4 N–H and O–H groups in total. The van der Waals surface area contributed by atoms with E-state index < -0.39 is 35.8 Å². The van der Waals surface area contributed by atoms with E-state index in [9.17, 15) is 29.4 Å². The summed E-state index contributed by atoms with van der Waals surface area (Å²) in [5.41, 5.74) is 1.40. The van der Waals surface area contributed by atoms with Gasteiger partial charge >= 0.3 is 11.9 Å². The molecule has 2 amide bonds. The van der Waals surface area contributed by atoms with E-state index in [0.717, 1.165) is 0 Å². The fraction of sp³-hybridized carbons (Fsp3) is 0.407. The van der Waals surface area contributed by atoms with Gasteiger partial charge in [0.1, 0.15) is 12.1 Å². The summed E-state index contributed by atoms with van der Waals surface area (Å²) in [6.07, 6.45) is 1.21. The van der Waals surface area contributed by atoms with E-state index in [1.54, 1.807) is 62.4 Å². The molecule has 0 aliphatic carbocycles. The monoisotopic (exact) mass is 514 g/mol. The van der Waals surface area contributed by atoms with Crippen LogP contribution >= 0.6 is 11.8 Å². The van der Waals surface area contributed by atoms with Crippen LogP contribution in [0.1, 0.15) is 66.8 Å². The van der Waals surface area contributed by atoms with Gasteiger partial charge in [-0.15, -0.1) is 11.8 Å². The van der Waals surface area contributed by atoms with Crippen molar-refractivity contribution in [1.29, 1.82) is 0 Å². The molecule has 2 rings (SSSR count). The first-order valence-corrected chi connectivity index (χ1v) is 13.0. The van der Waals surface area contributed by atoms with Crippen LogP contribution in [-0.2, 0) is 15.3 Å². The molecule has 2 aromatic carbocycles. The molecule has 0 aliphatic rings. The van der Waals surface area contributed by atoms with Crippen molar-refractivity contribution >= 4 is 35.5 Å². The fourth-order valence-corrected chi connectivity index (χ4v) is 4.66. The van der Waals surface area contributed by atoms with Gasteiger partial charge in [0.25, 0.3) is 11.8 Å². The third-order valence-corrected chi connectivity index (χ3v) is 7.43. The van der Waals surface area contributed by atoms with Crippen molar-refractivity contribution in [2.24, 2.45) is 11.8 Å². The van der Waals surface area contributed by atoms with Crippen molar-refractivity contribution in [3.05, 3.63) is 65.2 Å². The van der Waals surface area contributed by atoms with Gasteiger partial charge in [-0.2, -0.15) is 0 Å². The second kappa shape index (κ2) is 13.7. The summed E-state index contributed by atoms with van der Waals surface area (Å²) in [5.74, 6) is -3.23. The van der Waals surface area contributed by atoms with Crippen molar-refractivity contribution in [1.82, 2.24) is 10.6 Å². The first kappa shape index (κ1) is 28.9. The van der Waals surface area contributed by atoms with Gasteiger partial charge in [-0.1, -0.05) is 70.9 Å². The van der Waals surface area contributed by atoms with Crippen molar-refractivity contribution in [2.45, 2.75) is 63.3 Å². The Morgan fingerprint density at radius 3 is 1.69 bits per heavy atom. The molecule has 194 valence electrons. The lowest BCUT2D eigenvalue weighted by molar-refractivity contribution is -0.141. The average molecular weight is 515 g/mol. The summed E-state index contributed by atoms with van der Waals surface area (Å²) in [6, 6.07) is 11.8. The van der Waals surface area contributed by atoms with Crippen molar-refractivity contribution in [3.8, 4) is 0 Å². The van der Waals surface area contributed by atoms with Gasteiger partial charge in [0, 0.05) is 16.2 Å². The summed E-state index contributed by atoms with van der Waals surface area (Å²) in [4.78, 5) is 49.9. The van der Waals surface area contributed by atoms with Crippen molar-refractivity contribution in [3.63, 3.8) is 0 Å². The van der Waals surface area contributed by atoms with Crippen molar-refractivity contribution in [2.75, 3.05) is 0 Å². The normalized spacial score (nSPS) is 14.2. The third kappa shape index (κ3) is 7.58.